The van der Waals surface area contributed by atoms with Crippen molar-refractivity contribution in [3.8, 4) is 0 Å². The van der Waals surface area contributed by atoms with Crippen LogP contribution in [-0.2, 0) is 65.3 Å². The number of hydrogen-bond acceptors (Lipinski definition) is 18. The molecule has 26 heteroatoms. The van der Waals surface area contributed by atoms with Crippen LogP contribution in [0.5, 0.6) is 0 Å². The molecule has 26 heavy (non-hydrogen) atoms. The van der Waals surface area contributed by atoms with Gasteiger partial charge in [0.25, 0.3) is 0 Å². The van der Waals surface area contributed by atoms with Gasteiger partial charge < -0.3 is 58.0 Å². The molecule has 0 saturated carbocycles. The molecule has 0 unspecified atom stereocenters. The summed E-state index contributed by atoms with van der Waals surface area (Å²) in [6.07, 6.45) is 0. The maximum Gasteiger partial charge on any atom is 3.00 e. The maximum atomic E-state index is 8.52. The van der Waals surface area contributed by atoms with E-state index in [-0.39, 0.29) is 71.9 Å². The first-order valence-corrected chi connectivity index (χ1v) is 7.10. The van der Waals surface area contributed by atoms with Crippen LogP contribution in [0, 0.1) is 30.6 Å². The topological polar surface area (TPSA) is 373 Å². The van der Waals surface area contributed by atoms with Gasteiger partial charge in [-0.05, 0) is 0 Å². The first kappa shape index (κ1) is 50.3. The van der Waals surface area contributed by atoms with Crippen LogP contribution in [-0.4, -0.2) is 100 Å². The summed E-state index contributed by atoms with van der Waals surface area (Å²) in [7, 11) is -15.5. The molecular formula is CaFe2N2O18S3. The third kappa shape index (κ3) is 139000. The van der Waals surface area contributed by atoms with Crippen molar-refractivity contribution in [1.82, 2.24) is 0 Å². The Hall–Kier alpha value is 0.309. The van der Waals surface area contributed by atoms with Crippen molar-refractivity contribution in [2.45, 2.75) is 0 Å². The molecule has 0 N–H and O–H groups in total. The van der Waals surface area contributed by atoms with Gasteiger partial charge in [0.1, 0.15) is 0 Å². The van der Waals surface area contributed by atoms with Crippen molar-refractivity contribution in [2.24, 2.45) is 0 Å². The maximum absolute atomic E-state index is 8.52. The molecule has 0 amide bonds. The van der Waals surface area contributed by atoms with E-state index in [1.54, 1.807) is 0 Å². The predicted octanol–water partition coefficient (Wildman–Crippen LogP) is -4.88. The van der Waals surface area contributed by atoms with Crippen molar-refractivity contribution in [3.63, 3.8) is 0 Å². The van der Waals surface area contributed by atoms with Gasteiger partial charge in [-0.1, -0.05) is 0 Å². The summed E-state index contributed by atoms with van der Waals surface area (Å²) in [5, 5.41) is 29.5. The zero-order valence-electron chi connectivity index (χ0n) is 10.9. The number of hydrogen-bond donors (Lipinski definition) is 0. The van der Waals surface area contributed by atoms with Crippen LogP contribution in [0.15, 0.2) is 0 Å². The summed E-state index contributed by atoms with van der Waals surface area (Å²) < 4.78 is 102. The molecule has 0 aromatic carbocycles. The Labute approximate surface area is 194 Å². The van der Waals surface area contributed by atoms with Gasteiger partial charge in [0.05, 0.1) is 10.2 Å². The van der Waals surface area contributed by atoms with Gasteiger partial charge in [-0.25, -0.2) is 0 Å². The van der Waals surface area contributed by atoms with Crippen molar-refractivity contribution in [1.29, 1.82) is 0 Å². The monoisotopic (exact) mass is 564 g/mol. The van der Waals surface area contributed by atoms with Crippen LogP contribution in [0.4, 0.5) is 0 Å². The average Bonchev–Trinajstić information content (AvgIpc) is 1.85. The summed E-state index contributed by atoms with van der Waals surface area (Å²) >= 11 is 0. The summed E-state index contributed by atoms with van der Waals surface area (Å²) in [5.74, 6) is 0. The second-order valence-corrected chi connectivity index (χ2v) is 4.12. The van der Waals surface area contributed by atoms with E-state index in [2.05, 4.69) is 0 Å². The Bertz CT molecular complexity index is 502. The normalized spacial score (nSPS) is 8.54. The molecule has 0 aliphatic rings. The molecule has 0 spiro atoms. The quantitative estimate of drug-likeness (QED) is 0.0874. The van der Waals surface area contributed by atoms with Crippen molar-refractivity contribution in [3.05, 3.63) is 30.6 Å². The Morgan fingerprint density at radius 3 is 0.462 bits per heavy atom. The predicted molar refractivity (Wildman–Crippen MR) is 57.9 cm³/mol. The minimum Gasteiger partial charge on any atom is -0.759 e. The summed E-state index contributed by atoms with van der Waals surface area (Å²) in [6, 6.07) is 0. The van der Waals surface area contributed by atoms with E-state index in [0.29, 0.717) is 0 Å². The van der Waals surface area contributed by atoms with Gasteiger partial charge in [0, 0.05) is 31.2 Å². The molecule has 0 atom stereocenters. The van der Waals surface area contributed by atoms with Gasteiger partial charge in [-0.3, -0.25) is 25.3 Å². The summed E-state index contributed by atoms with van der Waals surface area (Å²) in [6.45, 7) is 0. The van der Waals surface area contributed by atoms with E-state index in [0.717, 1.165) is 0 Å². The van der Waals surface area contributed by atoms with Crippen molar-refractivity contribution in [2.75, 3.05) is 0 Å². The second kappa shape index (κ2) is 25.3. The van der Waals surface area contributed by atoms with E-state index in [1.807, 2.05) is 0 Å². The molecule has 154 valence electrons. The molecule has 0 saturated heterocycles. The van der Waals surface area contributed by atoms with E-state index in [9.17, 15) is 0 Å². The van der Waals surface area contributed by atoms with Crippen LogP contribution in [0.1, 0.15) is 0 Å². The SMILES string of the molecule is O=S(=O)([O-])[O-].O=S(=O)([O-])[O-].O=S(=O)([O-])[O-].O=[N+]([O-])[O-].O=[N+]([O-])[O-].[Ca+2].[Fe+3].[Fe+3]. The van der Waals surface area contributed by atoms with Gasteiger partial charge in [-0.2, -0.15) is 0 Å². The molecule has 0 rings (SSSR count). The largest absolute Gasteiger partial charge is 3.00 e. The third-order valence-corrected chi connectivity index (χ3v) is 0. The molecule has 0 aliphatic carbocycles. The van der Waals surface area contributed by atoms with Crippen LogP contribution < -0.4 is 0 Å². The van der Waals surface area contributed by atoms with Gasteiger partial charge in [-0.15, -0.1) is 0 Å². The molecule has 0 bridgehead atoms. The van der Waals surface area contributed by atoms with Crippen molar-refractivity contribution >= 4 is 68.9 Å². The molecule has 0 aromatic rings. The summed E-state index contributed by atoms with van der Waals surface area (Å²) in [5.41, 5.74) is 0. The average molecular weight is 564 g/mol. The van der Waals surface area contributed by atoms with Crippen molar-refractivity contribution < 1.29 is 96.9 Å². The Balaban J connectivity index is -0.0000000253. The molecule has 0 aromatic heterocycles. The zero-order chi connectivity index (χ0) is 20.7. The van der Waals surface area contributed by atoms with Gasteiger partial charge >= 0.3 is 71.9 Å². The summed E-state index contributed by atoms with van der Waals surface area (Å²) in [4.78, 5) is 16.5. The standard InChI is InChI=1S/Ca.2Fe.2NO3.3H2O4S/c;;;2*2-1(3)4;3*1-5(2,3)4/h;;;;;3*(H2,1,2,3,4)/q+2;2*+3;2*-1;;;/p-6. The molecule has 20 nitrogen and oxygen atoms in total. The first-order chi connectivity index (χ1) is 9.46. The molecule has 0 aliphatic heterocycles. The van der Waals surface area contributed by atoms with Gasteiger partial charge in [0.15, 0.2) is 0 Å². The minimum atomic E-state index is -5.17. The molecule has 0 heterocycles. The molecule has 2 radical (unpaired) electrons. The van der Waals surface area contributed by atoms with Crippen LogP contribution in [0.2, 0.25) is 0 Å². The van der Waals surface area contributed by atoms with E-state index in [4.69, 9.17) is 83.2 Å². The Morgan fingerprint density at radius 1 is 0.462 bits per heavy atom. The first-order valence-electron chi connectivity index (χ1n) is 3.10. The third-order valence-electron chi connectivity index (χ3n) is 0. The number of nitrogens with zero attached hydrogens (tertiary/aromatic N) is 2. The fourth-order valence-corrected chi connectivity index (χ4v) is 0. The minimum absolute atomic E-state index is 0. The fraction of sp³-hybridized carbons (Fsp3) is 0. The Kier molecular flexibility index (Phi) is 48.9. The van der Waals surface area contributed by atoms with E-state index < -0.39 is 41.4 Å². The van der Waals surface area contributed by atoms with E-state index >= 15 is 0 Å². The number of rotatable bonds is 0. The Morgan fingerprint density at radius 2 is 0.462 bits per heavy atom. The second-order valence-electron chi connectivity index (χ2n) is 1.67. The smallest absolute Gasteiger partial charge is 0.759 e. The fourth-order valence-electron chi connectivity index (χ4n) is 0. The van der Waals surface area contributed by atoms with Crippen LogP contribution in [0.25, 0.3) is 0 Å². The zero-order valence-corrected chi connectivity index (χ0v) is 17.7. The van der Waals surface area contributed by atoms with E-state index in [1.165, 1.54) is 0 Å². The molecular weight excluding hydrogens is 564 g/mol. The van der Waals surface area contributed by atoms with Crippen LogP contribution in [0.3, 0.4) is 0 Å². The molecule has 0 fully saturated rings. The van der Waals surface area contributed by atoms with Crippen LogP contribution >= 0.6 is 0 Å². The van der Waals surface area contributed by atoms with Gasteiger partial charge in [0.2, 0.25) is 0 Å².